The van der Waals surface area contributed by atoms with Crippen LogP contribution in [0.25, 0.3) is 0 Å². The summed E-state index contributed by atoms with van der Waals surface area (Å²) in [6, 6.07) is 7.40. The van der Waals surface area contributed by atoms with E-state index in [1.165, 1.54) is 19.2 Å². The third-order valence-electron chi connectivity index (χ3n) is 6.39. The largest absolute Gasteiger partial charge is 0.507 e. The van der Waals surface area contributed by atoms with Gasteiger partial charge < -0.3 is 30.7 Å². The molecule has 3 heterocycles. The molecule has 180 valence electrons. The SMILES string of the molecule is COc1ccc(O)c(C(=O)N2CCC(C(=O)N[C@@H]3CNC[C@H]3NC(=O)c3ccncc3)CC2)c1. The number of aromatic hydroxyl groups is 1. The van der Waals surface area contributed by atoms with Crippen LogP contribution in [0.5, 0.6) is 11.5 Å². The summed E-state index contributed by atoms with van der Waals surface area (Å²) in [7, 11) is 1.50. The van der Waals surface area contributed by atoms with Gasteiger partial charge in [-0.25, -0.2) is 0 Å². The highest BCUT2D eigenvalue weighted by molar-refractivity contribution is 5.97. The number of nitrogens with one attached hydrogen (secondary N) is 3. The van der Waals surface area contributed by atoms with Crippen LogP contribution >= 0.6 is 0 Å². The van der Waals surface area contributed by atoms with Crippen molar-refractivity contribution in [1.82, 2.24) is 25.8 Å². The van der Waals surface area contributed by atoms with E-state index in [1.54, 1.807) is 35.5 Å². The lowest BCUT2D eigenvalue weighted by Gasteiger charge is -2.32. The van der Waals surface area contributed by atoms with E-state index in [0.717, 1.165) is 0 Å². The number of phenolic OH excluding ortho intramolecular Hbond substituents is 1. The van der Waals surface area contributed by atoms with Crippen molar-refractivity contribution in [3.05, 3.63) is 53.9 Å². The smallest absolute Gasteiger partial charge is 0.257 e. The second-order valence-electron chi connectivity index (χ2n) is 8.54. The molecule has 0 bridgehead atoms. The maximum atomic E-state index is 12.9. The lowest BCUT2D eigenvalue weighted by atomic mass is 9.94. The van der Waals surface area contributed by atoms with Crippen molar-refractivity contribution in [2.45, 2.75) is 24.9 Å². The van der Waals surface area contributed by atoms with Crippen molar-refractivity contribution in [3.8, 4) is 11.5 Å². The number of pyridine rings is 1. The Morgan fingerprint density at radius 1 is 1.06 bits per heavy atom. The van der Waals surface area contributed by atoms with Crippen molar-refractivity contribution < 1.29 is 24.2 Å². The minimum absolute atomic E-state index is 0.0758. The molecule has 2 aliphatic heterocycles. The number of phenols is 1. The number of carbonyl (C=O) groups is 3. The summed E-state index contributed by atoms with van der Waals surface area (Å²) < 4.78 is 5.15. The van der Waals surface area contributed by atoms with Gasteiger partial charge in [0.25, 0.3) is 11.8 Å². The highest BCUT2D eigenvalue weighted by Crippen LogP contribution is 2.26. The Labute approximate surface area is 197 Å². The molecule has 2 aromatic rings. The second-order valence-corrected chi connectivity index (χ2v) is 8.54. The molecule has 3 amide bonds. The van der Waals surface area contributed by atoms with Crippen LogP contribution in [0.2, 0.25) is 0 Å². The molecule has 34 heavy (non-hydrogen) atoms. The van der Waals surface area contributed by atoms with Gasteiger partial charge in [0, 0.05) is 50.1 Å². The number of nitrogens with zero attached hydrogens (tertiary/aromatic N) is 2. The topological polar surface area (TPSA) is 133 Å². The molecule has 2 saturated heterocycles. The molecule has 0 aliphatic carbocycles. The lowest BCUT2D eigenvalue weighted by molar-refractivity contribution is -0.127. The zero-order valence-electron chi connectivity index (χ0n) is 19.0. The first-order chi connectivity index (χ1) is 16.5. The summed E-state index contributed by atoms with van der Waals surface area (Å²) in [5, 5.41) is 19.3. The molecule has 1 aromatic heterocycles. The number of carbonyl (C=O) groups excluding carboxylic acids is 3. The molecule has 0 radical (unpaired) electrons. The minimum Gasteiger partial charge on any atom is -0.507 e. The van der Waals surface area contributed by atoms with Gasteiger partial charge >= 0.3 is 0 Å². The minimum atomic E-state index is -0.283. The average Bonchev–Trinajstić information content (AvgIpc) is 3.30. The summed E-state index contributed by atoms with van der Waals surface area (Å²) >= 11 is 0. The van der Waals surface area contributed by atoms with E-state index in [0.29, 0.717) is 50.3 Å². The maximum absolute atomic E-state index is 12.9. The van der Waals surface area contributed by atoms with Gasteiger partial charge in [0.15, 0.2) is 0 Å². The maximum Gasteiger partial charge on any atom is 0.257 e. The van der Waals surface area contributed by atoms with Crippen LogP contribution in [0, 0.1) is 5.92 Å². The van der Waals surface area contributed by atoms with Gasteiger partial charge in [0.1, 0.15) is 11.5 Å². The normalized spacial score (nSPS) is 20.6. The second kappa shape index (κ2) is 10.5. The summed E-state index contributed by atoms with van der Waals surface area (Å²) in [5.74, 6) is -0.393. The molecule has 4 rings (SSSR count). The number of piperidine rings is 1. The molecular formula is C24H29N5O5. The Hall–Kier alpha value is -3.66. The summed E-state index contributed by atoms with van der Waals surface area (Å²) in [6.07, 6.45) is 4.18. The van der Waals surface area contributed by atoms with Crippen LogP contribution in [0.4, 0.5) is 0 Å². The first-order valence-electron chi connectivity index (χ1n) is 11.3. The van der Waals surface area contributed by atoms with E-state index < -0.39 is 0 Å². The van der Waals surface area contributed by atoms with Crippen molar-refractivity contribution in [3.63, 3.8) is 0 Å². The molecule has 10 heteroatoms. The van der Waals surface area contributed by atoms with Crippen LogP contribution in [-0.4, -0.2) is 78.1 Å². The number of hydrogen-bond donors (Lipinski definition) is 4. The lowest BCUT2D eigenvalue weighted by Crippen LogP contribution is -2.53. The van der Waals surface area contributed by atoms with E-state index in [9.17, 15) is 19.5 Å². The van der Waals surface area contributed by atoms with E-state index in [2.05, 4.69) is 20.9 Å². The number of methoxy groups -OCH3 is 1. The predicted octanol–water partition coefficient (Wildman–Crippen LogP) is 0.535. The van der Waals surface area contributed by atoms with Crippen molar-refractivity contribution in [1.29, 1.82) is 0 Å². The fraction of sp³-hybridized carbons (Fsp3) is 0.417. The predicted molar refractivity (Wildman–Crippen MR) is 124 cm³/mol. The van der Waals surface area contributed by atoms with Gasteiger partial charge in [-0.1, -0.05) is 0 Å². The van der Waals surface area contributed by atoms with Crippen molar-refractivity contribution in [2.75, 3.05) is 33.3 Å². The third-order valence-corrected chi connectivity index (χ3v) is 6.39. The zero-order valence-corrected chi connectivity index (χ0v) is 19.0. The van der Waals surface area contributed by atoms with E-state index in [1.807, 2.05) is 0 Å². The Kier molecular flexibility index (Phi) is 7.27. The van der Waals surface area contributed by atoms with Crippen LogP contribution in [-0.2, 0) is 4.79 Å². The molecule has 2 fully saturated rings. The molecule has 4 N–H and O–H groups in total. The number of rotatable bonds is 6. The van der Waals surface area contributed by atoms with Crippen LogP contribution in [0.15, 0.2) is 42.7 Å². The molecule has 1 aromatic carbocycles. The van der Waals surface area contributed by atoms with Crippen molar-refractivity contribution >= 4 is 17.7 Å². The van der Waals surface area contributed by atoms with Gasteiger partial charge in [-0.05, 0) is 43.2 Å². The highest BCUT2D eigenvalue weighted by atomic mass is 16.5. The number of amides is 3. The van der Waals surface area contributed by atoms with Gasteiger partial charge in [-0.3, -0.25) is 19.4 Å². The summed E-state index contributed by atoms with van der Waals surface area (Å²) in [4.78, 5) is 43.8. The van der Waals surface area contributed by atoms with Gasteiger partial charge in [0.05, 0.1) is 24.8 Å². The van der Waals surface area contributed by atoms with E-state index in [-0.39, 0.29) is 47.0 Å². The zero-order chi connectivity index (χ0) is 24.1. The first kappa shape index (κ1) is 23.5. The third kappa shape index (κ3) is 5.28. The van der Waals surface area contributed by atoms with Crippen LogP contribution < -0.4 is 20.7 Å². The summed E-state index contributed by atoms with van der Waals surface area (Å²) in [6.45, 7) is 1.97. The number of benzene rings is 1. The first-order valence-corrected chi connectivity index (χ1v) is 11.3. The van der Waals surface area contributed by atoms with Gasteiger partial charge in [-0.2, -0.15) is 0 Å². The molecule has 0 unspecified atom stereocenters. The Balaban J connectivity index is 1.29. The fourth-order valence-corrected chi connectivity index (χ4v) is 4.37. The van der Waals surface area contributed by atoms with Crippen molar-refractivity contribution in [2.24, 2.45) is 5.92 Å². The van der Waals surface area contributed by atoms with Crippen LogP contribution in [0.3, 0.4) is 0 Å². The summed E-state index contributed by atoms with van der Waals surface area (Å²) in [5.41, 5.74) is 0.707. The molecular weight excluding hydrogens is 438 g/mol. The molecule has 10 nitrogen and oxygen atoms in total. The van der Waals surface area contributed by atoms with E-state index in [4.69, 9.17) is 4.74 Å². The fourth-order valence-electron chi connectivity index (χ4n) is 4.37. The Morgan fingerprint density at radius 2 is 1.74 bits per heavy atom. The average molecular weight is 468 g/mol. The molecule has 0 spiro atoms. The Bertz CT molecular complexity index is 1040. The quantitative estimate of drug-likeness (QED) is 0.487. The molecule has 2 atom stereocenters. The van der Waals surface area contributed by atoms with Gasteiger partial charge in [-0.15, -0.1) is 0 Å². The number of aromatic nitrogens is 1. The molecule has 0 saturated carbocycles. The molecule has 2 aliphatic rings. The monoisotopic (exact) mass is 467 g/mol. The highest BCUT2D eigenvalue weighted by Gasteiger charge is 2.34. The van der Waals surface area contributed by atoms with Crippen LogP contribution in [0.1, 0.15) is 33.6 Å². The number of hydrogen-bond acceptors (Lipinski definition) is 7. The number of ether oxygens (including phenoxy) is 1. The number of likely N-dealkylation sites (tertiary alicyclic amines) is 1. The standard InChI is InChI=1S/C24H29N5O5/c1-34-17-2-3-21(30)18(12-17)24(33)29-10-6-16(7-11-29)23(32)28-20-14-26-13-19(20)27-22(31)15-4-8-25-9-5-15/h2-5,8-9,12,16,19-20,26,30H,6-7,10-11,13-14H2,1H3,(H,27,31)(H,28,32)/t19-,20-/m1/s1. The Morgan fingerprint density at radius 3 is 2.41 bits per heavy atom. The van der Waals surface area contributed by atoms with E-state index >= 15 is 0 Å². The van der Waals surface area contributed by atoms with Gasteiger partial charge in [0.2, 0.25) is 5.91 Å².